The van der Waals surface area contributed by atoms with Gasteiger partial charge in [-0.15, -0.1) is 0 Å². The van der Waals surface area contributed by atoms with Gasteiger partial charge in [0, 0.05) is 5.56 Å². The van der Waals surface area contributed by atoms with Gasteiger partial charge >= 0.3 is 0 Å². The number of rotatable bonds is 15. The molecule has 0 aliphatic carbocycles. The van der Waals surface area contributed by atoms with E-state index in [1.54, 1.807) is 0 Å². The molecule has 1 unspecified atom stereocenters. The highest BCUT2D eigenvalue weighted by Gasteiger charge is 2.10. The van der Waals surface area contributed by atoms with Crippen LogP contribution in [0.25, 0.3) is 0 Å². The lowest BCUT2D eigenvalue weighted by Crippen LogP contribution is -2.08. The SMILES string of the molecule is CCCCCCCCCCCCCC[S+](C)Cc1ccccc1. The molecule has 0 radical (unpaired) electrons. The molecule has 0 nitrogen and oxygen atoms in total. The third kappa shape index (κ3) is 12.6. The second kappa shape index (κ2) is 15.1. The number of benzene rings is 1. The predicted octanol–water partition coefficient (Wildman–Crippen LogP) is 7.14. The zero-order valence-corrected chi connectivity index (χ0v) is 16.5. The molecule has 0 aliphatic rings. The fourth-order valence-electron chi connectivity index (χ4n) is 3.12. The molecule has 0 fully saturated rings. The first-order valence-corrected chi connectivity index (χ1v) is 11.9. The van der Waals surface area contributed by atoms with Crippen LogP contribution in [-0.4, -0.2) is 12.0 Å². The molecule has 1 heteroatoms. The summed E-state index contributed by atoms with van der Waals surface area (Å²) >= 11 is 0. The van der Waals surface area contributed by atoms with Crippen molar-refractivity contribution in [3.05, 3.63) is 35.9 Å². The first kappa shape index (κ1) is 20.6. The van der Waals surface area contributed by atoms with Crippen molar-refractivity contribution < 1.29 is 0 Å². The lowest BCUT2D eigenvalue weighted by Gasteiger charge is -2.05. The van der Waals surface area contributed by atoms with Crippen LogP contribution in [0.3, 0.4) is 0 Å². The van der Waals surface area contributed by atoms with Gasteiger partial charge < -0.3 is 0 Å². The van der Waals surface area contributed by atoms with E-state index in [2.05, 4.69) is 43.5 Å². The second-order valence-corrected chi connectivity index (χ2v) is 9.26. The summed E-state index contributed by atoms with van der Waals surface area (Å²) in [5, 5.41) is 0. The van der Waals surface area contributed by atoms with Gasteiger partial charge in [0.05, 0.1) is 6.26 Å². The van der Waals surface area contributed by atoms with E-state index in [1.807, 2.05) is 0 Å². The normalized spacial score (nSPS) is 12.4. The average Bonchev–Trinajstić information content (AvgIpc) is 2.57. The summed E-state index contributed by atoms with van der Waals surface area (Å²) in [6, 6.07) is 11.0. The van der Waals surface area contributed by atoms with Crippen LogP contribution in [-0.2, 0) is 16.6 Å². The topological polar surface area (TPSA) is 0 Å². The molecule has 1 rings (SSSR count). The fraction of sp³-hybridized carbons (Fsp3) is 0.727. The van der Waals surface area contributed by atoms with Gasteiger partial charge in [-0.3, -0.25) is 0 Å². The fourth-order valence-corrected chi connectivity index (χ4v) is 4.72. The lowest BCUT2D eigenvalue weighted by molar-refractivity contribution is 0.548. The molecule has 0 heterocycles. The molecular formula is C22H39S+. The molecule has 0 saturated heterocycles. The first-order valence-electron chi connectivity index (χ1n) is 9.96. The van der Waals surface area contributed by atoms with Gasteiger partial charge in [0.15, 0.2) is 0 Å². The van der Waals surface area contributed by atoms with E-state index < -0.39 is 0 Å². The standard InChI is InChI=1S/C22H39S/c1-3-4-5-6-7-8-9-10-11-12-13-17-20-23(2)21-22-18-15-14-16-19-22/h14-16,18-19H,3-13,17,20-21H2,1-2H3/q+1. The Balaban J connectivity index is 1.82. The van der Waals surface area contributed by atoms with E-state index in [1.165, 1.54) is 94.1 Å². The number of unbranched alkanes of at least 4 members (excludes halogenated alkanes) is 11. The van der Waals surface area contributed by atoms with Crippen LogP contribution in [0.4, 0.5) is 0 Å². The minimum Gasteiger partial charge on any atom is -0.0654 e. The molecule has 0 amide bonds. The Morgan fingerprint density at radius 1 is 0.652 bits per heavy atom. The highest BCUT2D eigenvalue weighted by Crippen LogP contribution is 2.13. The summed E-state index contributed by atoms with van der Waals surface area (Å²) in [6.07, 6.45) is 19.8. The maximum absolute atomic E-state index is 2.44. The van der Waals surface area contributed by atoms with Crippen molar-refractivity contribution in [2.75, 3.05) is 12.0 Å². The van der Waals surface area contributed by atoms with Gasteiger partial charge in [0.2, 0.25) is 0 Å². The third-order valence-electron chi connectivity index (χ3n) is 4.60. The van der Waals surface area contributed by atoms with Crippen LogP contribution in [0, 0.1) is 0 Å². The maximum atomic E-state index is 2.44. The molecule has 0 bridgehead atoms. The van der Waals surface area contributed by atoms with Crippen LogP contribution in [0.5, 0.6) is 0 Å². The Hall–Kier alpha value is -0.430. The maximum Gasteiger partial charge on any atom is 0.132 e. The van der Waals surface area contributed by atoms with Crippen molar-refractivity contribution in [1.29, 1.82) is 0 Å². The van der Waals surface area contributed by atoms with Gasteiger partial charge in [-0.1, -0.05) is 101 Å². The van der Waals surface area contributed by atoms with E-state index in [4.69, 9.17) is 0 Å². The van der Waals surface area contributed by atoms with Crippen LogP contribution >= 0.6 is 0 Å². The van der Waals surface area contributed by atoms with E-state index in [0.717, 1.165) is 0 Å². The molecule has 1 aromatic carbocycles. The predicted molar refractivity (Wildman–Crippen MR) is 109 cm³/mol. The highest BCUT2D eigenvalue weighted by molar-refractivity contribution is 7.95. The number of hydrogen-bond donors (Lipinski definition) is 0. The van der Waals surface area contributed by atoms with E-state index >= 15 is 0 Å². The van der Waals surface area contributed by atoms with Crippen molar-refractivity contribution >= 4 is 10.9 Å². The van der Waals surface area contributed by atoms with Gasteiger partial charge in [0.25, 0.3) is 0 Å². The van der Waals surface area contributed by atoms with Crippen LogP contribution in [0.15, 0.2) is 30.3 Å². The Morgan fingerprint density at radius 3 is 1.65 bits per heavy atom. The Bertz CT molecular complexity index is 346. The molecule has 1 aromatic rings. The monoisotopic (exact) mass is 335 g/mol. The lowest BCUT2D eigenvalue weighted by atomic mass is 10.1. The minimum absolute atomic E-state index is 0.564. The van der Waals surface area contributed by atoms with Crippen molar-refractivity contribution in [2.24, 2.45) is 0 Å². The molecule has 0 spiro atoms. The summed E-state index contributed by atoms with van der Waals surface area (Å²) in [4.78, 5) is 0. The quantitative estimate of drug-likeness (QED) is 0.236. The molecule has 0 aliphatic heterocycles. The molecule has 1 atom stereocenters. The summed E-state index contributed by atoms with van der Waals surface area (Å²) in [5.41, 5.74) is 1.51. The largest absolute Gasteiger partial charge is 0.132 e. The van der Waals surface area contributed by atoms with Crippen molar-refractivity contribution in [2.45, 2.75) is 89.7 Å². The van der Waals surface area contributed by atoms with Crippen LogP contribution in [0.1, 0.15) is 89.5 Å². The zero-order valence-electron chi connectivity index (χ0n) is 15.7. The summed E-state index contributed by atoms with van der Waals surface area (Å²) in [5.74, 6) is 2.70. The minimum atomic E-state index is 0.564. The van der Waals surface area contributed by atoms with Crippen LogP contribution in [0.2, 0.25) is 0 Å². The molecular weight excluding hydrogens is 296 g/mol. The highest BCUT2D eigenvalue weighted by atomic mass is 32.2. The van der Waals surface area contributed by atoms with Gasteiger partial charge in [0.1, 0.15) is 11.5 Å². The van der Waals surface area contributed by atoms with E-state index in [0.29, 0.717) is 10.9 Å². The van der Waals surface area contributed by atoms with Crippen LogP contribution < -0.4 is 0 Å². The Morgan fingerprint density at radius 2 is 1.13 bits per heavy atom. The Kier molecular flexibility index (Phi) is 13.6. The molecule has 132 valence electrons. The summed E-state index contributed by atoms with van der Waals surface area (Å²) in [6.45, 7) is 2.29. The van der Waals surface area contributed by atoms with Gasteiger partial charge in [-0.05, 0) is 23.7 Å². The Labute approximate surface area is 148 Å². The molecule has 0 saturated carbocycles. The van der Waals surface area contributed by atoms with Crippen molar-refractivity contribution in [3.63, 3.8) is 0 Å². The van der Waals surface area contributed by atoms with E-state index in [-0.39, 0.29) is 0 Å². The number of hydrogen-bond acceptors (Lipinski definition) is 0. The second-order valence-electron chi connectivity index (χ2n) is 7.00. The first-order chi connectivity index (χ1) is 11.3. The van der Waals surface area contributed by atoms with Gasteiger partial charge in [-0.25, -0.2) is 0 Å². The molecule has 0 N–H and O–H groups in total. The van der Waals surface area contributed by atoms with E-state index in [9.17, 15) is 0 Å². The molecule has 0 aromatic heterocycles. The zero-order chi connectivity index (χ0) is 16.6. The third-order valence-corrected chi connectivity index (χ3v) is 6.41. The summed E-state index contributed by atoms with van der Waals surface area (Å²) < 4.78 is 0. The molecule has 23 heavy (non-hydrogen) atoms. The van der Waals surface area contributed by atoms with Crippen molar-refractivity contribution in [1.82, 2.24) is 0 Å². The summed E-state index contributed by atoms with van der Waals surface area (Å²) in [7, 11) is 0.564. The van der Waals surface area contributed by atoms with Gasteiger partial charge in [-0.2, -0.15) is 0 Å². The smallest absolute Gasteiger partial charge is 0.0654 e. The average molecular weight is 336 g/mol. The van der Waals surface area contributed by atoms with Crippen molar-refractivity contribution in [3.8, 4) is 0 Å².